The molecule has 1 aromatic heterocycles. The van der Waals surface area contributed by atoms with Crippen molar-refractivity contribution in [2.24, 2.45) is 7.05 Å². The zero-order chi connectivity index (χ0) is 14.9. The molecular weight excluding hydrogens is 323 g/mol. The Bertz CT molecular complexity index is 605. The van der Waals surface area contributed by atoms with Crippen LogP contribution >= 0.6 is 15.9 Å². The average molecular weight is 341 g/mol. The predicted octanol–water partition coefficient (Wildman–Crippen LogP) is 3.33. The fourth-order valence-corrected chi connectivity index (χ4v) is 3.01. The van der Waals surface area contributed by atoms with E-state index in [1.54, 1.807) is 23.7 Å². The summed E-state index contributed by atoms with van der Waals surface area (Å²) in [6, 6.07) is 5.94. The molecule has 1 heterocycles. The quantitative estimate of drug-likeness (QED) is 0.926. The maximum absolute atomic E-state index is 13.0. The Morgan fingerprint density at radius 1 is 1.35 bits per heavy atom. The SMILES string of the molecule is CCc1nn(C)c(CC(C)(O)c2ccc(F)cc2)c1Br. The molecule has 0 aliphatic carbocycles. The molecule has 0 bridgehead atoms. The summed E-state index contributed by atoms with van der Waals surface area (Å²) in [7, 11) is 1.86. The largest absolute Gasteiger partial charge is 0.385 e. The number of benzene rings is 1. The van der Waals surface area contributed by atoms with Crippen LogP contribution in [-0.4, -0.2) is 14.9 Å². The summed E-state index contributed by atoms with van der Waals surface area (Å²) in [4.78, 5) is 0. The molecule has 1 N–H and O–H groups in total. The van der Waals surface area contributed by atoms with Gasteiger partial charge in [-0.05, 0) is 47.0 Å². The minimum atomic E-state index is -1.07. The zero-order valence-corrected chi connectivity index (χ0v) is 13.4. The fourth-order valence-electron chi connectivity index (χ4n) is 2.25. The van der Waals surface area contributed by atoms with Crippen LogP contribution in [0.4, 0.5) is 4.39 Å². The molecule has 2 aromatic rings. The van der Waals surface area contributed by atoms with Gasteiger partial charge in [0.2, 0.25) is 0 Å². The van der Waals surface area contributed by atoms with Gasteiger partial charge in [0.1, 0.15) is 5.82 Å². The first-order chi connectivity index (χ1) is 9.35. The van der Waals surface area contributed by atoms with Crippen LogP contribution in [0.15, 0.2) is 28.7 Å². The van der Waals surface area contributed by atoms with E-state index in [2.05, 4.69) is 21.0 Å². The normalized spacial score (nSPS) is 14.3. The Hall–Kier alpha value is -1.20. The fraction of sp³-hybridized carbons (Fsp3) is 0.400. The Morgan fingerprint density at radius 3 is 2.45 bits per heavy atom. The average Bonchev–Trinajstić information content (AvgIpc) is 2.66. The van der Waals surface area contributed by atoms with Gasteiger partial charge in [-0.1, -0.05) is 19.1 Å². The van der Waals surface area contributed by atoms with Crippen LogP contribution in [0.1, 0.15) is 30.8 Å². The maximum atomic E-state index is 13.0. The molecule has 108 valence electrons. The van der Waals surface area contributed by atoms with E-state index in [0.717, 1.165) is 22.3 Å². The van der Waals surface area contributed by atoms with E-state index in [1.165, 1.54) is 12.1 Å². The summed E-state index contributed by atoms with van der Waals surface area (Å²) >= 11 is 3.54. The van der Waals surface area contributed by atoms with Crippen molar-refractivity contribution < 1.29 is 9.50 Å². The van der Waals surface area contributed by atoms with Crippen molar-refractivity contribution in [2.75, 3.05) is 0 Å². The van der Waals surface area contributed by atoms with E-state index in [1.807, 2.05) is 14.0 Å². The van der Waals surface area contributed by atoms with Gasteiger partial charge in [-0.25, -0.2) is 4.39 Å². The Balaban J connectivity index is 2.32. The van der Waals surface area contributed by atoms with Gasteiger partial charge in [-0.2, -0.15) is 5.10 Å². The van der Waals surface area contributed by atoms with Gasteiger partial charge in [-0.15, -0.1) is 0 Å². The molecule has 0 saturated carbocycles. The van der Waals surface area contributed by atoms with Crippen LogP contribution in [-0.2, 0) is 25.5 Å². The van der Waals surface area contributed by atoms with Gasteiger partial charge in [0.15, 0.2) is 0 Å². The van der Waals surface area contributed by atoms with Gasteiger partial charge in [-0.3, -0.25) is 4.68 Å². The molecule has 0 aliphatic heterocycles. The van der Waals surface area contributed by atoms with Crippen LogP contribution < -0.4 is 0 Å². The van der Waals surface area contributed by atoms with Crippen LogP contribution in [0.5, 0.6) is 0 Å². The number of aryl methyl sites for hydroxylation is 2. The summed E-state index contributed by atoms with van der Waals surface area (Å²) in [5, 5.41) is 15.1. The summed E-state index contributed by atoms with van der Waals surface area (Å²) in [6.07, 6.45) is 1.23. The van der Waals surface area contributed by atoms with Crippen LogP contribution in [0.2, 0.25) is 0 Å². The Labute approximate surface area is 126 Å². The molecule has 0 fully saturated rings. The zero-order valence-electron chi connectivity index (χ0n) is 11.8. The molecule has 3 nitrogen and oxygen atoms in total. The molecule has 0 spiro atoms. The van der Waals surface area contributed by atoms with Crippen molar-refractivity contribution in [3.05, 3.63) is 51.5 Å². The number of nitrogens with zero attached hydrogens (tertiary/aromatic N) is 2. The third-order valence-corrected chi connectivity index (χ3v) is 4.40. The summed E-state index contributed by atoms with van der Waals surface area (Å²) in [6.45, 7) is 3.76. The van der Waals surface area contributed by atoms with E-state index < -0.39 is 5.60 Å². The monoisotopic (exact) mass is 340 g/mol. The third kappa shape index (κ3) is 2.94. The first kappa shape index (κ1) is 15.2. The third-order valence-electron chi connectivity index (χ3n) is 3.48. The molecule has 0 amide bonds. The molecule has 2 rings (SSSR count). The minimum absolute atomic E-state index is 0.306. The summed E-state index contributed by atoms with van der Waals surface area (Å²) < 4.78 is 15.7. The number of halogens is 2. The highest BCUT2D eigenvalue weighted by Gasteiger charge is 2.27. The van der Waals surface area contributed by atoms with E-state index in [4.69, 9.17) is 0 Å². The lowest BCUT2D eigenvalue weighted by atomic mass is 9.91. The van der Waals surface area contributed by atoms with Crippen LogP contribution in [0.3, 0.4) is 0 Å². The molecule has 5 heteroatoms. The lowest BCUT2D eigenvalue weighted by molar-refractivity contribution is 0.0553. The van der Waals surface area contributed by atoms with Crippen molar-refractivity contribution in [1.82, 2.24) is 9.78 Å². The van der Waals surface area contributed by atoms with Crippen LogP contribution in [0.25, 0.3) is 0 Å². The molecule has 1 unspecified atom stereocenters. The Morgan fingerprint density at radius 2 is 1.95 bits per heavy atom. The molecule has 1 atom stereocenters. The van der Waals surface area contributed by atoms with Gasteiger partial charge in [0.05, 0.1) is 21.5 Å². The first-order valence-corrected chi connectivity index (χ1v) is 7.33. The predicted molar refractivity (Wildman–Crippen MR) is 80.0 cm³/mol. The van der Waals surface area contributed by atoms with E-state index in [9.17, 15) is 9.50 Å². The minimum Gasteiger partial charge on any atom is -0.385 e. The van der Waals surface area contributed by atoms with Gasteiger partial charge in [0, 0.05) is 13.5 Å². The maximum Gasteiger partial charge on any atom is 0.123 e. The second-order valence-corrected chi connectivity index (χ2v) is 5.94. The highest BCUT2D eigenvalue weighted by molar-refractivity contribution is 9.10. The smallest absolute Gasteiger partial charge is 0.123 e. The molecule has 0 saturated heterocycles. The highest BCUT2D eigenvalue weighted by Crippen LogP contribution is 2.30. The second kappa shape index (κ2) is 5.66. The number of aromatic nitrogens is 2. The van der Waals surface area contributed by atoms with E-state index >= 15 is 0 Å². The topological polar surface area (TPSA) is 38.0 Å². The summed E-state index contributed by atoms with van der Waals surface area (Å²) in [5.41, 5.74) is 1.51. The van der Waals surface area contributed by atoms with Crippen molar-refractivity contribution in [3.8, 4) is 0 Å². The molecule has 1 aromatic carbocycles. The lowest BCUT2D eigenvalue weighted by Crippen LogP contribution is -2.25. The number of rotatable bonds is 4. The van der Waals surface area contributed by atoms with Crippen molar-refractivity contribution >= 4 is 15.9 Å². The standard InChI is InChI=1S/C15H18BrFN2O/c1-4-12-14(16)13(19(3)18-12)9-15(2,20)10-5-7-11(17)8-6-10/h5-8,20H,4,9H2,1-3H3. The second-order valence-electron chi connectivity index (χ2n) is 5.14. The van der Waals surface area contributed by atoms with Crippen molar-refractivity contribution in [1.29, 1.82) is 0 Å². The molecular formula is C15H18BrFN2O. The van der Waals surface area contributed by atoms with Gasteiger partial charge >= 0.3 is 0 Å². The van der Waals surface area contributed by atoms with Crippen LogP contribution in [0, 0.1) is 5.82 Å². The molecule has 0 aliphatic rings. The van der Waals surface area contributed by atoms with Gasteiger partial charge in [0.25, 0.3) is 0 Å². The number of hydrogen-bond donors (Lipinski definition) is 1. The number of aliphatic hydroxyl groups is 1. The van der Waals surface area contributed by atoms with Crippen molar-refractivity contribution in [2.45, 2.75) is 32.3 Å². The van der Waals surface area contributed by atoms with Gasteiger partial charge < -0.3 is 5.11 Å². The molecule has 20 heavy (non-hydrogen) atoms. The Kier molecular flexibility index (Phi) is 4.30. The molecule has 0 radical (unpaired) electrons. The summed E-state index contributed by atoms with van der Waals surface area (Å²) in [5.74, 6) is -0.306. The van der Waals surface area contributed by atoms with E-state index in [-0.39, 0.29) is 5.82 Å². The number of hydrogen-bond acceptors (Lipinski definition) is 2. The van der Waals surface area contributed by atoms with E-state index in [0.29, 0.717) is 12.0 Å². The first-order valence-electron chi connectivity index (χ1n) is 6.54. The van der Waals surface area contributed by atoms with Crippen molar-refractivity contribution in [3.63, 3.8) is 0 Å². The lowest BCUT2D eigenvalue weighted by Gasteiger charge is -2.24. The highest BCUT2D eigenvalue weighted by atomic mass is 79.9.